The number of nitrogens with zero attached hydrogens (tertiary/aromatic N) is 1. The maximum absolute atomic E-state index is 4.49. The van der Waals surface area contributed by atoms with Gasteiger partial charge < -0.3 is 5.32 Å². The van der Waals surface area contributed by atoms with Gasteiger partial charge >= 0.3 is 0 Å². The van der Waals surface area contributed by atoms with Crippen LogP contribution in [0, 0.1) is 6.92 Å². The number of rotatable bonds is 6. The summed E-state index contributed by atoms with van der Waals surface area (Å²) in [7, 11) is 0. The average molecular weight is 274 g/mol. The number of nitrogens with one attached hydrogen (secondary N) is 1. The van der Waals surface area contributed by atoms with E-state index in [0.717, 1.165) is 30.1 Å². The highest BCUT2D eigenvalue weighted by Crippen LogP contribution is 2.18. The van der Waals surface area contributed by atoms with Crippen LogP contribution in [0.4, 0.5) is 0 Å². The molecule has 1 aromatic carbocycles. The summed E-state index contributed by atoms with van der Waals surface area (Å²) in [5, 5.41) is 6.87. The molecule has 0 aliphatic carbocycles. The van der Waals surface area contributed by atoms with E-state index in [1.165, 1.54) is 11.1 Å². The zero-order valence-corrected chi connectivity index (χ0v) is 12.8. The molecule has 1 aromatic heterocycles. The van der Waals surface area contributed by atoms with Crippen molar-refractivity contribution in [2.24, 2.45) is 0 Å². The molecular weight excluding hydrogens is 252 g/mol. The van der Waals surface area contributed by atoms with Crippen LogP contribution in [0.3, 0.4) is 0 Å². The Bertz CT molecular complexity index is 502. The molecule has 102 valence electrons. The lowest BCUT2D eigenvalue weighted by molar-refractivity contribution is 0.515. The van der Waals surface area contributed by atoms with Crippen molar-refractivity contribution < 1.29 is 0 Å². The van der Waals surface area contributed by atoms with Crippen molar-refractivity contribution >= 4 is 11.3 Å². The van der Waals surface area contributed by atoms with Gasteiger partial charge in [0.25, 0.3) is 0 Å². The molecule has 19 heavy (non-hydrogen) atoms. The second-order valence-electron chi connectivity index (χ2n) is 4.79. The van der Waals surface area contributed by atoms with Crippen LogP contribution in [0.25, 0.3) is 0 Å². The van der Waals surface area contributed by atoms with Gasteiger partial charge in [-0.05, 0) is 30.9 Å². The molecule has 0 saturated heterocycles. The number of hydrogen-bond acceptors (Lipinski definition) is 3. The van der Waals surface area contributed by atoms with Crippen molar-refractivity contribution in [1.82, 2.24) is 10.3 Å². The maximum Gasteiger partial charge on any atom is 0.0897 e. The molecule has 1 atom stereocenters. The Morgan fingerprint density at radius 2 is 1.95 bits per heavy atom. The van der Waals surface area contributed by atoms with Gasteiger partial charge in [-0.3, -0.25) is 0 Å². The molecule has 0 saturated carbocycles. The number of hydrogen-bond donors (Lipinski definition) is 1. The van der Waals surface area contributed by atoms with Gasteiger partial charge in [0.05, 0.1) is 10.7 Å². The summed E-state index contributed by atoms with van der Waals surface area (Å²) in [4.78, 5) is 4.49. The lowest BCUT2D eigenvalue weighted by Crippen LogP contribution is -2.20. The van der Waals surface area contributed by atoms with E-state index in [-0.39, 0.29) is 0 Å². The first-order valence-corrected chi connectivity index (χ1v) is 7.84. The Morgan fingerprint density at radius 3 is 2.47 bits per heavy atom. The van der Waals surface area contributed by atoms with Gasteiger partial charge in [-0.25, -0.2) is 4.98 Å². The van der Waals surface area contributed by atoms with Crippen molar-refractivity contribution in [3.63, 3.8) is 0 Å². The Hall–Kier alpha value is -1.19. The molecule has 0 radical (unpaired) electrons. The van der Waals surface area contributed by atoms with Gasteiger partial charge in [0, 0.05) is 18.0 Å². The molecule has 0 bridgehead atoms. The zero-order chi connectivity index (χ0) is 13.7. The first-order valence-electron chi connectivity index (χ1n) is 6.96. The van der Waals surface area contributed by atoms with Crippen molar-refractivity contribution in [2.75, 3.05) is 0 Å². The predicted molar refractivity (Wildman–Crippen MR) is 82.5 cm³/mol. The second-order valence-corrected chi connectivity index (χ2v) is 5.86. The minimum Gasteiger partial charge on any atom is -0.304 e. The van der Waals surface area contributed by atoms with E-state index >= 15 is 0 Å². The van der Waals surface area contributed by atoms with E-state index in [1.807, 2.05) is 0 Å². The third-order valence-corrected chi connectivity index (χ3v) is 4.22. The summed E-state index contributed by atoms with van der Waals surface area (Å²) in [5.74, 6) is 0. The summed E-state index contributed by atoms with van der Waals surface area (Å²) in [6.07, 6.45) is 2.19. The lowest BCUT2D eigenvalue weighted by atomic mass is 10.0. The van der Waals surface area contributed by atoms with Crippen molar-refractivity contribution in [3.8, 4) is 0 Å². The summed E-state index contributed by atoms with van der Waals surface area (Å²) in [5.41, 5.74) is 3.91. The fourth-order valence-electron chi connectivity index (χ4n) is 2.20. The monoisotopic (exact) mass is 274 g/mol. The first-order chi connectivity index (χ1) is 9.22. The van der Waals surface area contributed by atoms with E-state index in [1.54, 1.807) is 11.3 Å². The van der Waals surface area contributed by atoms with Gasteiger partial charge in [0.2, 0.25) is 0 Å². The lowest BCUT2D eigenvalue weighted by Gasteiger charge is -2.17. The van der Waals surface area contributed by atoms with Crippen LogP contribution in [0.2, 0.25) is 0 Å². The smallest absolute Gasteiger partial charge is 0.0897 e. The highest BCUT2D eigenvalue weighted by molar-refractivity contribution is 7.09. The third kappa shape index (κ3) is 3.88. The van der Waals surface area contributed by atoms with Gasteiger partial charge in [0.15, 0.2) is 0 Å². The molecule has 0 spiro atoms. The topological polar surface area (TPSA) is 24.9 Å². The molecule has 1 N–H and O–H groups in total. The average Bonchev–Trinajstić information content (AvgIpc) is 2.86. The SMILES string of the molecule is CCc1ccc(C(CC)NCc2csc(C)n2)cc1. The molecule has 0 aliphatic rings. The third-order valence-electron chi connectivity index (χ3n) is 3.39. The van der Waals surface area contributed by atoms with E-state index in [4.69, 9.17) is 0 Å². The maximum atomic E-state index is 4.49. The van der Waals surface area contributed by atoms with Crippen LogP contribution in [0.5, 0.6) is 0 Å². The van der Waals surface area contributed by atoms with E-state index in [2.05, 4.69) is 60.7 Å². The second kappa shape index (κ2) is 6.83. The quantitative estimate of drug-likeness (QED) is 0.851. The fourth-order valence-corrected chi connectivity index (χ4v) is 2.81. The predicted octanol–water partition coefficient (Wildman–Crippen LogP) is 4.25. The molecule has 1 heterocycles. The molecular formula is C16H22N2S. The minimum absolute atomic E-state index is 0.410. The Morgan fingerprint density at radius 1 is 1.21 bits per heavy atom. The van der Waals surface area contributed by atoms with Crippen LogP contribution in [-0.4, -0.2) is 4.98 Å². The molecule has 2 aromatic rings. The normalized spacial score (nSPS) is 12.6. The molecule has 3 heteroatoms. The van der Waals surface area contributed by atoms with Crippen molar-refractivity contribution in [2.45, 2.75) is 46.2 Å². The van der Waals surface area contributed by atoms with E-state index < -0.39 is 0 Å². The van der Waals surface area contributed by atoms with Crippen LogP contribution >= 0.6 is 11.3 Å². The number of thiazole rings is 1. The van der Waals surface area contributed by atoms with Crippen molar-refractivity contribution in [3.05, 3.63) is 51.5 Å². The summed E-state index contributed by atoms with van der Waals surface area (Å²) >= 11 is 1.71. The van der Waals surface area contributed by atoms with E-state index in [9.17, 15) is 0 Å². The van der Waals surface area contributed by atoms with Crippen molar-refractivity contribution in [1.29, 1.82) is 0 Å². The Kier molecular flexibility index (Phi) is 5.11. The first kappa shape index (κ1) is 14.2. The molecule has 2 rings (SSSR count). The van der Waals surface area contributed by atoms with Gasteiger partial charge in [-0.1, -0.05) is 38.1 Å². The van der Waals surface area contributed by atoms with Gasteiger partial charge in [0.1, 0.15) is 0 Å². The highest BCUT2D eigenvalue weighted by atomic mass is 32.1. The van der Waals surface area contributed by atoms with Crippen LogP contribution in [0.15, 0.2) is 29.6 Å². The standard InChI is InChI=1S/C16H22N2S/c1-4-13-6-8-14(9-7-13)16(5-2)17-10-15-11-19-12(3)18-15/h6-9,11,16-17H,4-5,10H2,1-3H3. The summed E-state index contributed by atoms with van der Waals surface area (Å²) in [6, 6.07) is 9.35. The van der Waals surface area contributed by atoms with Gasteiger partial charge in [-0.2, -0.15) is 0 Å². The largest absolute Gasteiger partial charge is 0.304 e. The number of aryl methyl sites for hydroxylation is 2. The Labute approximate surface area is 119 Å². The summed E-state index contributed by atoms with van der Waals surface area (Å²) in [6.45, 7) is 7.31. The van der Waals surface area contributed by atoms with Gasteiger partial charge in [-0.15, -0.1) is 11.3 Å². The number of benzene rings is 1. The molecule has 1 unspecified atom stereocenters. The zero-order valence-electron chi connectivity index (χ0n) is 11.9. The molecule has 0 aliphatic heterocycles. The molecule has 0 fully saturated rings. The molecule has 2 nitrogen and oxygen atoms in total. The summed E-state index contributed by atoms with van der Waals surface area (Å²) < 4.78 is 0. The van der Waals surface area contributed by atoms with Crippen LogP contribution in [-0.2, 0) is 13.0 Å². The van der Waals surface area contributed by atoms with Crippen LogP contribution in [0.1, 0.15) is 48.1 Å². The van der Waals surface area contributed by atoms with Crippen LogP contribution < -0.4 is 5.32 Å². The fraction of sp³-hybridized carbons (Fsp3) is 0.438. The molecule has 0 amide bonds. The Balaban J connectivity index is 1.98. The van der Waals surface area contributed by atoms with E-state index in [0.29, 0.717) is 6.04 Å². The number of aromatic nitrogens is 1. The highest BCUT2D eigenvalue weighted by Gasteiger charge is 2.09. The minimum atomic E-state index is 0.410.